The van der Waals surface area contributed by atoms with Gasteiger partial charge in [0.15, 0.2) is 5.75 Å². The van der Waals surface area contributed by atoms with E-state index in [0.29, 0.717) is 11.4 Å². The highest BCUT2D eigenvalue weighted by Crippen LogP contribution is 2.29. The average Bonchev–Trinajstić information content (AvgIpc) is 2.41. The maximum Gasteiger partial charge on any atom is 0.323 e. The van der Waals surface area contributed by atoms with Gasteiger partial charge >= 0.3 is 6.01 Å². The highest BCUT2D eigenvalue weighted by molar-refractivity contribution is 5.62. The molecule has 0 aliphatic rings. The number of benzene rings is 1. The summed E-state index contributed by atoms with van der Waals surface area (Å²) in [6.45, 7) is 0. The molecule has 0 aliphatic carbocycles. The molecule has 0 radical (unpaired) electrons. The summed E-state index contributed by atoms with van der Waals surface area (Å²) in [7, 11) is 3.84. The molecule has 0 atom stereocenters. The maximum atomic E-state index is 8.77. The number of hydrogen-bond donors (Lipinski definition) is 1. The van der Waals surface area contributed by atoms with Gasteiger partial charge in [-0.1, -0.05) is 0 Å². The minimum atomic E-state index is 0.0988. The van der Waals surface area contributed by atoms with Gasteiger partial charge in [0.1, 0.15) is 11.8 Å². The van der Waals surface area contributed by atoms with Gasteiger partial charge in [-0.2, -0.15) is 10.2 Å². The van der Waals surface area contributed by atoms with Gasteiger partial charge in [-0.05, 0) is 18.2 Å². The van der Waals surface area contributed by atoms with Gasteiger partial charge in [0.2, 0.25) is 0 Å². The van der Waals surface area contributed by atoms with Crippen molar-refractivity contribution >= 4 is 11.4 Å². The van der Waals surface area contributed by atoms with Gasteiger partial charge in [-0.3, -0.25) is 0 Å². The van der Waals surface area contributed by atoms with Crippen molar-refractivity contribution in [2.45, 2.75) is 0 Å². The monoisotopic (exact) mass is 255 g/mol. The van der Waals surface area contributed by atoms with Gasteiger partial charge in [-0.15, -0.1) is 0 Å². The maximum absolute atomic E-state index is 8.77. The fourth-order valence-corrected chi connectivity index (χ4v) is 1.44. The summed E-state index contributed by atoms with van der Waals surface area (Å²) in [6.07, 6.45) is 1.47. The van der Waals surface area contributed by atoms with Crippen LogP contribution in [0.4, 0.5) is 11.4 Å². The van der Waals surface area contributed by atoms with Crippen LogP contribution in [0.1, 0.15) is 5.69 Å². The highest BCUT2D eigenvalue weighted by Gasteiger charge is 2.07. The Labute approximate surface area is 111 Å². The number of ether oxygens (including phenoxy) is 1. The van der Waals surface area contributed by atoms with Crippen LogP contribution in [0.25, 0.3) is 0 Å². The third-order valence-electron chi connectivity index (χ3n) is 2.46. The first kappa shape index (κ1) is 12.6. The Hall–Kier alpha value is -2.81. The van der Waals surface area contributed by atoms with Crippen molar-refractivity contribution < 1.29 is 4.74 Å². The van der Waals surface area contributed by atoms with Crippen LogP contribution in [0.3, 0.4) is 0 Å². The van der Waals surface area contributed by atoms with Crippen LogP contribution >= 0.6 is 0 Å². The molecular weight excluding hydrogens is 242 g/mol. The van der Waals surface area contributed by atoms with Crippen molar-refractivity contribution in [3.8, 4) is 17.8 Å². The Balaban J connectivity index is 2.32. The number of rotatable bonds is 3. The van der Waals surface area contributed by atoms with Crippen LogP contribution in [0.15, 0.2) is 30.5 Å². The SMILES string of the molecule is CN(C)c1ccc(N)c(Oc2nccc(C#N)n2)c1. The van der Waals surface area contributed by atoms with Crippen LogP contribution in [0.5, 0.6) is 11.8 Å². The molecule has 0 aliphatic heterocycles. The van der Waals surface area contributed by atoms with E-state index in [2.05, 4.69) is 9.97 Å². The molecule has 19 heavy (non-hydrogen) atoms. The number of nitrogens with zero attached hydrogens (tertiary/aromatic N) is 4. The normalized spacial score (nSPS) is 9.74. The predicted octanol–water partition coefficient (Wildman–Crippen LogP) is 1.79. The van der Waals surface area contributed by atoms with Gasteiger partial charge in [0.05, 0.1) is 5.69 Å². The van der Waals surface area contributed by atoms with E-state index in [0.717, 1.165) is 5.69 Å². The number of nitrogens with two attached hydrogens (primary N) is 1. The molecule has 2 N–H and O–H groups in total. The minimum absolute atomic E-state index is 0.0988. The lowest BCUT2D eigenvalue weighted by Gasteiger charge is -2.14. The van der Waals surface area contributed by atoms with E-state index in [-0.39, 0.29) is 11.7 Å². The van der Waals surface area contributed by atoms with Crippen LogP contribution in [-0.2, 0) is 0 Å². The molecule has 2 rings (SSSR count). The van der Waals surface area contributed by atoms with E-state index in [9.17, 15) is 0 Å². The Morgan fingerprint density at radius 1 is 1.32 bits per heavy atom. The second-order valence-electron chi connectivity index (χ2n) is 4.05. The molecule has 0 bridgehead atoms. The van der Waals surface area contributed by atoms with Crippen LogP contribution in [0.2, 0.25) is 0 Å². The Bertz CT molecular complexity index is 633. The van der Waals surface area contributed by atoms with Crippen molar-refractivity contribution in [1.82, 2.24) is 9.97 Å². The number of nitriles is 1. The molecule has 0 unspecified atom stereocenters. The zero-order chi connectivity index (χ0) is 13.8. The van der Waals surface area contributed by atoms with Crippen LogP contribution < -0.4 is 15.4 Å². The molecule has 1 heterocycles. The smallest absolute Gasteiger partial charge is 0.323 e. The first-order valence-corrected chi connectivity index (χ1v) is 5.58. The van der Waals surface area contributed by atoms with Crippen molar-refractivity contribution in [2.24, 2.45) is 0 Å². The van der Waals surface area contributed by atoms with E-state index in [1.165, 1.54) is 12.3 Å². The Morgan fingerprint density at radius 3 is 2.79 bits per heavy atom. The van der Waals surface area contributed by atoms with Gasteiger partial charge in [0, 0.05) is 32.0 Å². The summed E-state index contributed by atoms with van der Waals surface area (Å²) >= 11 is 0. The van der Waals surface area contributed by atoms with E-state index in [1.54, 1.807) is 12.1 Å². The van der Waals surface area contributed by atoms with E-state index in [1.807, 2.05) is 31.1 Å². The topological polar surface area (TPSA) is 88.1 Å². The van der Waals surface area contributed by atoms with Crippen molar-refractivity contribution in [3.05, 3.63) is 36.2 Å². The van der Waals surface area contributed by atoms with Gasteiger partial charge in [-0.25, -0.2) is 4.98 Å². The fraction of sp³-hybridized carbons (Fsp3) is 0.154. The number of hydrogen-bond acceptors (Lipinski definition) is 6. The molecule has 0 fully saturated rings. The molecule has 0 saturated carbocycles. The summed E-state index contributed by atoms with van der Waals surface area (Å²) in [5, 5.41) is 8.77. The third kappa shape index (κ3) is 2.90. The van der Waals surface area contributed by atoms with Gasteiger partial charge < -0.3 is 15.4 Å². The van der Waals surface area contributed by atoms with Crippen molar-refractivity contribution in [2.75, 3.05) is 24.7 Å². The fourth-order valence-electron chi connectivity index (χ4n) is 1.44. The quantitative estimate of drug-likeness (QED) is 0.841. The summed E-state index contributed by atoms with van der Waals surface area (Å²) in [5.74, 6) is 0.460. The second-order valence-corrected chi connectivity index (χ2v) is 4.05. The Morgan fingerprint density at radius 2 is 2.11 bits per heavy atom. The van der Waals surface area contributed by atoms with E-state index in [4.69, 9.17) is 15.7 Å². The lowest BCUT2D eigenvalue weighted by Crippen LogP contribution is -2.09. The molecule has 0 spiro atoms. The summed E-state index contributed by atoms with van der Waals surface area (Å²) in [5.41, 5.74) is 7.51. The summed E-state index contributed by atoms with van der Waals surface area (Å²) in [6, 6.07) is 8.95. The van der Waals surface area contributed by atoms with Crippen LogP contribution in [-0.4, -0.2) is 24.1 Å². The minimum Gasteiger partial charge on any atom is -0.422 e. The molecule has 6 heteroatoms. The third-order valence-corrected chi connectivity index (χ3v) is 2.46. The van der Waals surface area contributed by atoms with Crippen LogP contribution in [0, 0.1) is 11.3 Å². The van der Waals surface area contributed by atoms with E-state index >= 15 is 0 Å². The standard InChI is InChI=1S/C13H13N5O/c1-18(2)10-3-4-11(15)12(7-10)19-13-16-6-5-9(8-14)17-13/h3-7H,15H2,1-2H3. The molecule has 2 aromatic rings. The number of anilines is 2. The number of aromatic nitrogens is 2. The zero-order valence-corrected chi connectivity index (χ0v) is 10.7. The molecule has 0 saturated heterocycles. The average molecular weight is 255 g/mol. The molecule has 96 valence electrons. The molecule has 6 nitrogen and oxygen atoms in total. The summed E-state index contributed by atoms with van der Waals surface area (Å²) < 4.78 is 5.52. The first-order chi connectivity index (χ1) is 9.10. The molecule has 1 aromatic heterocycles. The number of nitrogen functional groups attached to an aromatic ring is 1. The largest absolute Gasteiger partial charge is 0.422 e. The predicted molar refractivity (Wildman–Crippen MR) is 72.0 cm³/mol. The molecule has 1 aromatic carbocycles. The Kier molecular flexibility index (Phi) is 3.48. The lowest BCUT2D eigenvalue weighted by atomic mass is 10.2. The van der Waals surface area contributed by atoms with E-state index < -0.39 is 0 Å². The molecular formula is C13H13N5O. The lowest BCUT2D eigenvalue weighted by molar-refractivity contribution is 0.443. The first-order valence-electron chi connectivity index (χ1n) is 5.58. The molecule has 0 amide bonds. The highest BCUT2D eigenvalue weighted by atomic mass is 16.5. The van der Waals surface area contributed by atoms with Crippen molar-refractivity contribution in [1.29, 1.82) is 5.26 Å². The van der Waals surface area contributed by atoms with Gasteiger partial charge in [0.25, 0.3) is 0 Å². The second kappa shape index (κ2) is 5.23. The van der Waals surface area contributed by atoms with Crippen molar-refractivity contribution in [3.63, 3.8) is 0 Å². The summed E-state index contributed by atoms with van der Waals surface area (Å²) in [4.78, 5) is 9.81. The zero-order valence-electron chi connectivity index (χ0n) is 10.7.